The van der Waals surface area contributed by atoms with Crippen LogP contribution in [0.25, 0.3) is 0 Å². The number of amides is 3. The molecule has 1 fully saturated rings. The lowest BCUT2D eigenvalue weighted by Crippen LogP contribution is -2.48. The largest absolute Gasteiger partial charge is 0.444 e. The molecule has 0 unspecified atom stereocenters. The van der Waals surface area contributed by atoms with Gasteiger partial charge in [0.25, 0.3) is 0 Å². The van der Waals surface area contributed by atoms with Crippen LogP contribution in [0, 0.1) is 0 Å². The average Bonchev–Trinajstić information content (AvgIpc) is 2.33. The van der Waals surface area contributed by atoms with Crippen molar-refractivity contribution >= 4 is 12.1 Å². The minimum atomic E-state index is -0.473. The molecule has 0 spiro atoms. The van der Waals surface area contributed by atoms with Crippen LogP contribution in [0.2, 0.25) is 0 Å². The molecule has 0 bridgehead atoms. The van der Waals surface area contributed by atoms with Crippen LogP contribution >= 0.6 is 0 Å². The minimum absolute atomic E-state index is 0.352. The van der Waals surface area contributed by atoms with Gasteiger partial charge in [0, 0.05) is 32.2 Å². The van der Waals surface area contributed by atoms with E-state index >= 15 is 0 Å². The molecule has 116 valence electrons. The summed E-state index contributed by atoms with van der Waals surface area (Å²) in [6.07, 6.45) is 1.37. The van der Waals surface area contributed by atoms with Crippen LogP contribution < -0.4 is 16.4 Å². The van der Waals surface area contributed by atoms with Gasteiger partial charge in [-0.2, -0.15) is 0 Å². The van der Waals surface area contributed by atoms with E-state index in [1.54, 1.807) is 4.90 Å². The number of alkyl carbamates (subject to hydrolysis) is 1. The number of hydrogen-bond acceptors (Lipinski definition) is 4. The topological polar surface area (TPSA) is 96.7 Å². The summed E-state index contributed by atoms with van der Waals surface area (Å²) in [6.45, 7) is 8.07. The van der Waals surface area contributed by atoms with E-state index in [9.17, 15) is 9.59 Å². The van der Waals surface area contributed by atoms with Gasteiger partial charge in [0.05, 0.1) is 0 Å². The fourth-order valence-electron chi connectivity index (χ4n) is 2.06. The monoisotopic (exact) mass is 286 g/mol. The summed E-state index contributed by atoms with van der Waals surface area (Å²) in [7, 11) is 0. The lowest BCUT2D eigenvalue weighted by molar-refractivity contribution is 0.0527. The van der Waals surface area contributed by atoms with E-state index in [4.69, 9.17) is 10.5 Å². The summed E-state index contributed by atoms with van der Waals surface area (Å²) >= 11 is 0. The van der Waals surface area contributed by atoms with Gasteiger partial charge in [0.15, 0.2) is 0 Å². The molecule has 0 aromatic heterocycles. The molecule has 0 aromatic rings. The van der Waals surface area contributed by atoms with E-state index in [1.807, 2.05) is 20.8 Å². The van der Waals surface area contributed by atoms with Gasteiger partial charge in [0.2, 0.25) is 0 Å². The number of urea groups is 1. The highest BCUT2D eigenvalue weighted by atomic mass is 16.6. The SMILES string of the molecule is CC(C)(C)OC(=O)NCCNC1CCN(C(N)=O)CC1. The van der Waals surface area contributed by atoms with Gasteiger partial charge in [-0.05, 0) is 33.6 Å². The zero-order chi connectivity index (χ0) is 15.2. The van der Waals surface area contributed by atoms with Crippen molar-refractivity contribution in [2.24, 2.45) is 5.73 Å². The highest BCUT2D eigenvalue weighted by molar-refractivity contribution is 5.72. The molecule has 7 nitrogen and oxygen atoms in total. The number of ether oxygens (including phenoxy) is 1. The molecule has 4 N–H and O–H groups in total. The third-order valence-corrected chi connectivity index (χ3v) is 3.03. The molecule has 1 heterocycles. The molecule has 1 saturated heterocycles. The zero-order valence-corrected chi connectivity index (χ0v) is 12.6. The summed E-state index contributed by atoms with van der Waals surface area (Å²) in [6, 6.07) is 0.0149. The molecule has 0 aliphatic carbocycles. The molecular weight excluding hydrogens is 260 g/mol. The number of hydrogen-bond donors (Lipinski definition) is 3. The molecule has 0 atom stereocenters. The Balaban J connectivity index is 2.08. The average molecular weight is 286 g/mol. The van der Waals surface area contributed by atoms with Gasteiger partial charge < -0.3 is 26.0 Å². The number of nitrogens with zero attached hydrogens (tertiary/aromatic N) is 1. The molecular formula is C13H26N4O3. The van der Waals surface area contributed by atoms with Crippen LogP contribution in [-0.2, 0) is 4.74 Å². The van der Waals surface area contributed by atoms with Gasteiger partial charge in [-0.1, -0.05) is 0 Å². The first-order chi connectivity index (χ1) is 9.28. The quantitative estimate of drug-likeness (QED) is 0.661. The van der Waals surface area contributed by atoms with E-state index in [2.05, 4.69) is 10.6 Å². The van der Waals surface area contributed by atoms with Crippen molar-refractivity contribution in [1.82, 2.24) is 15.5 Å². The molecule has 0 saturated carbocycles. The van der Waals surface area contributed by atoms with Crippen molar-refractivity contribution in [3.05, 3.63) is 0 Å². The smallest absolute Gasteiger partial charge is 0.407 e. The molecule has 20 heavy (non-hydrogen) atoms. The van der Waals surface area contributed by atoms with Gasteiger partial charge in [-0.25, -0.2) is 9.59 Å². The Morgan fingerprint density at radius 2 is 1.85 bits per heavy atom. The number of likely N-dealkylation sites (tertiary alicyclic amines) is 1. The fourth-order valence-corrected chi connectivity index (χ4v) is 2.06. The zero-order valence-electron chi connectivity index (χ0n) is 12.6. The maximum atomic E-state index is 11.4. The molecule has 3 amide bonds. The predicted octanol–water partition coefficient (Wildman–Crippen LogP) is 0.644. The van der Waals surface area contributed by atoms with E-state index in [0.29, 0.717) is 32.2 Å². The Kier molecular flexibility index (Phi) is 6.06. The predicted molar refractivity (Wildman–Crippen MR) is 76.4 cm³/mol. The summed E-state index contributed by atoms with van der Waals surface area (Å²) < 4.78 is 5.13. The van der Waals surface area contributed by atoms with E-state index < -0.39 is 11.7 Å². The van der Waals surface area contributed by atoms with Crippen molar-refractivity contribution in [3.8, 4) is 0 Å². The first-order valence-corrected chi connectivity index (χ1v) is 7.02. The third-order valence-electron chi connectivity index (χ3n) is 3.03. The van der Waals surface area contributed by atoms with Crippen LogP contribution in [-0.4, -0.2) is 54.8 Å². The lowest BCUT2D eigenvalue weighted by atomic mass is 10.1. The maximum absolute atomic E-state index is 11.4. The second-order valence-electron chi connectivity index (χ2n) is 5.98. The summed E-state index contributed by atoms with van der Waals surface area (Å²) in [5, 5.41) is 6.05. The number of carbonyl (C=O) groups is 2. The molecule has 1 aliphatic rings. The second kappa shape index (κ2) is 7.33. The Morgan fingerprint density at radius 3 is 2.35 bits per heavy atom. The fraction of sp³-hybridized carbons (Fsp3) is 0.846. The van der Waals surface area contributed by atoms with Crippen molar-refractivity contribution in [3.63, 3.8) is 0 Å². The Labute approximate surface area is 120 Å². The number of rotatable bonds is 4. The lowest BCUT2D eigenvalue weighted by Gasteiger charge is -2.31. The summed E-state index contributed by atoms with van der Waals surface area (Å²) in [4.78, 5) is 24.0. The molecule has 7 heteroatoms. The number of nitrogens with one attached hydrogen (secondary N) is 2. The van der Waals surface area contributed by atoms with Crippen molar-refractivity contribution < 1.29 is 14.3 Å². The van der Waals surface area contributed by atoms with Crippen LogP contribution in [0.5, 0.6) is 0 Å². The van der Waals surface area contributed by atoms with Crippen molar-refractivity contribution in [2.45, 2.75) is 45.3 Å². The van der Waals surface area contributed by atoms with Crippen LogP contribution in [0.4, 0.5) is 9.59 Å². The maximum Gasteiger partial charge on any atom is 0.407 e. The number of nitrogens with two attached hydrogens (primary N) is 1. The van der Waals surface area contributed by atoms with E-state index in [1.165, 1.54) is 0 Å². The van der Waals surface area contributed by atoms with Crippen LogP contribution in [0.3, 0.4) is 0 Å². The Hall–Kier alpha value is -1.50. The second-order valence-corrected chi connectivity index (χ2v) is 5.98. The molecule has 0 aromatic carbocycles. The van der Waals surface area contributed by atoms with Crippen molar-refractivity contribution in [1.29, 1.82) is 0 Å². The Bertz CT molecular complexity index is 333. The van der Waals surface area contributed by atoms with Gasteiger partial charge in [-0.15, -0.1) is 0 Å². The van der Waals surface area contributed by atoms with Gasteiger partial charge >= 0.3 is 12.1 Å². The number of piperidine rings is 1. The highest BCUT2D eigenvalue weighted by Crippen LogP contribution is 2.09. The van der Waals surface area contributed by atoms with E-state index in [-0.39, 0.29) is 6.03 Å². The van der Waals surface area contributed by atoms with Crippen LogP contribution in [0.15, 0.2) is 0 Å². The van der Waals surface area contributed by atoms with Crippen molar-refractivity contribution in [2.75, 3.05) is 26.2 Å². The minimum Gasteiger partial charge on any atom is -0.444 e. The first-order valence-electron chi connectivity index (χ1n) is 7.02. The van der Waals surface area contributed by atoms with Gasteiger partial charge in [0.1, 0.15) is 5.60 Å². The van der Waals surface area contributed by atoms with Crippen LogP contribution in [0.1, 0.15) is 33.6 Å². The molecule has 0 radical (unpaired) electrons. The number of primary amides is 1. The number of carbonyl (C=O) groups excluding carboxylic acids is 2. The molecule has 1 aliphatic heterocycles. The van der Waals surface area contributed by atoms with E-state index in [0.717, 1.165) is 12.8 Å². The Morgan fingerprint density at radius 1 is 1.25 bits per heavy atom. The third kappa shape index (κ3) is 6.60. The van der Waals surface area contributed by atoms with Gasteiger partial charge in [-0.3, -0.25) is 0 Å². The standard InChI is InChI=1S/C13H26N4O3/c1-13(2,3)20-12(19)16-7-6-15-10-4-8-17(9-5-10)11(14)18/h10,15H,4-9H2,1-3H3,(H2,14,18)(H,16,19). The summed E-state index contributed by atoms with van der Waals surface area (Å²) in [5.74, 6) is 0. The first kappa shape index (κ1) is 16.6. The normalized spacial score (nSPS) is 16.9. The molecule has 1 rings (SSSR count). The highest BCUT2D eigenvalue weighted by Gasteiger charge is 2.20. The summed E-state index contributed by atoms with van der Waals surface area (Å²) in [5.41, 5.74) is 4.75.